The molecule has 3 heterocycles. The van der Waals surface area contributed by atoms with Crippen LogP contribution < -0.4 is 0 Å². The van der Waals surface area contributed by atoms with Gasteiger partial charge in [0.05, 0.1) is 12.2 Å². The van der Waals surface area contributed by atoms with Gasteiger partial charge in [0.1, 0.15) is 4.21 Å². The van der Waals surface area contributed by atoms with E-state index in [1.807, 2.05) is 13.0 Å². The molecule has 1 amide bonds. The van der Waals surface area contributed by atoms with Crippen LogP contribution in [0.15, 0.2) is 16.3 Å². The number of carbonyl (C=O) groups excluding carboxylic acids is 1. The molecule has 2 aliphatic heterocycles. The third-order valence-corrected chi connectivity index (χ3v) is 12.5. The van der Waals surface area contributed by atoms with E-state index in [2.05, 4.69) is 0 Å². The second-order valence-electron chi connectivity index (χ2n) is 9.97. The first-order valence-corrected chi connectivity index (χ1v) is 16.5. The average Bonchev–Trinajstić information content (AvgIpc) is 3.34. The molecule has 11 heteroatoms. The minimum Gasteiger partial charge on any atom is -0.340 e. The largest absolute Gasteiger partial charge is 0.340 e. The topological polar surface area (TPSA) is 95.1 Å². The summed E-state index contributed by atoms with van der Waals surface area (Å²) < 4.78 is 54.2. The molecule has 2 saturated heterocycles. The lowest BCUT2D eigenvalue weighted by atomic mass is 9.74. The number of rotatable bonds is 6. The van der Waals surface area contributed by atoms with Crippen LogP contribution in [0.25, 0.3) is 0 Å². The lowest BCUT2D eigenvalue weighted by Gasteiger charge is -2.43. The number of aryl methyl sites for hydroxylation is 1. The zero-order valence-corrected chi connectivity index (χ0v) is 22.6. The Morgan fingerprint density at radius 2 is 1.62 bits per heavy atom. The Kier molecular flexibility index (Phi) is 8.08. The second-order valence-corrected chi connectivity index (χ2v) is 15.3. The quantitative estimate of drug-likeness (QED) is 0.562. The summed E-state index contributed by atoms with van der Waals surface area (Å²) >= 11 is 1.32. The number of hydrogen-bond acceptors (Lipinski definition) is 6. The van der Waals surface area contributed by atoms with Crippen molar-refractivity contribution in [2.24, 2.45) is 17.8 Å². The van der Waals surface area contributed by atoms with Gasteiger partial charge in [-0.1, -0.05) is 39.0 Å². The highest BCUT2D eigenvalue weighted by Crippen LogP contribution is 2.39. The zero-order chi connectivity index (χ0) is 24.5. The predicted octanol–water partition coefficient (Wildman–Crippen LogP) is 2.62. The molecule has 0 aromatic carbocycles. The number of sulfonamides is 2. The highest BCUT2D eigenvalue weighted by Gasteiger charge is 2.42. The Hall–Kier alpha value is -1.01. The van der Waals surface area contributed by atoms with Gasteiger partial charge < -0.3 is 4.90 Å². The van der Waals surface area contributed by atoms with E-state index < -0.39 is 20.0 Å². The molecule has 0 unspecified atom stereocenters. The van der Waals surface area contributed by atoms with Gasteiger partial charge in [-0.3, -0.25) is 4.79 Å². The second kappa shape index (κ2) is 10.5. The summed E-state index contributed by atoms with van der Waals surface area (Å²) in [4.78, 5) is 16.3. The van der Waals surface area contributed by atoms with E-state index in [1.165, 1.54) is 41.2 Å². The normalized spacial score (nSPS) is 26.6. The van der Waals surface area contributed by atoms with Crippen LogP contribution in [0.3, 0.4) is 0 Å². The Bertz CT molecular complexity index is 1070. The molecule has 3 aliphatic rings. The van der Waals surface area contributed by atoms with Crippen molar-refractivity contribution in [1.82, 2.24) is 13.5 Å². The molecule has 192 valence electrons. The van der Waals surface area contributed by atoms with Gasteiger partial charge in [-0.2, -0.15) is 8.61 Å². The van der Waals surface area contributed by atoms with Crippen molar-refractivity contribution in [1.29, 1.82) is 0 Å². The number of thiophene rings is 1. The van der Waals surface area contributed by atoms with Gasteiger partial charge in [0.15, 0.2) is 0 Å². The van der Waals surface area contributed by atoms with Crippen molar-refractivity contribution < 1.29 is 21.6 Å². The number of carbonyl (C=O) groups is 1. The van der Waals surface area contributed by atoms with E-state index in [-0.39, 0.29) is 24.3 Å². The third kappa shape index (κ3) is 5.69. The van der Waals surface area contributed by atoms with Gasteiger partial charge >= 0.3 is 0 Å². The summed E-state index contributed by atoms with van der Waals surface area (Å²) in [6.45, 7) is 4.00. The summed E-state index contributed by atoms with van der Waals surface area (Å²) in [5.74, 6) is 0.222. The van der Waals surface area contributed by atoms with Crippen LogP contribution in [0, 0.1) is 17.8 Å². The van der Waals surface area contributed by atoms with Gasteiger partial charge in [-0.15, -0.1) is 11.3 Å². The summed E-state index contributed by atoms with van der Waals surface area (Å²) in [7, 11) is -6.93. The molecule has 0 spiro atoms. The Morgan fingerprint density at radius 1 is 0.941 bits per heavy atom. The van der Waals surface area contributed by atoms with Crippen molar-refractivity contribution in [2.75, 3.05) is 45.5 Å². The van der Waals surface area contributed by atoms with Gasteiger partial charge in [0.2, 0.25) is 15.9 Å². The predicted molar refractivity (Wildman–Crippen MR) is 134 cm³/mol. The summed E-state index contributed by atoms with van der Waals surface area (Å²) in [6, 6.07) is 3.58. The molecule has 1 aromatic rings. The fourth-order valence-corrected chi connectivity index (χ4v) is 9.55. The van der Waals surface area contributed by atoms with E-state index in [9.17, 15) is 21.6 Å². The third-order valence-electron chi connectivity index (χ3n) is 7.71. The van der Waals surface area contributed by atoms with Crippen LogP contribution in [0.4, 0.5) is 0 Å². The molecule has 0 N–H and O–H groups in total. The van der Waals surface area contributed by atoms with E-state index >= 15 is 0 Å². The smallest absolute Gasteiger partial charge is 0.252 e. The Labute approximate surface area is 208 Å². The summed E-state index contributed by atoms with van der Waals surface area (Å²) in [5, 5.41) is 0. The first-order chi connectivity index (χ1) is 16.1. The molecule has 34 heavy (non-hydrogen) atoms. The zero-order valence-electron chi connectivity index (χ0n) is 20.2. The first kappa shape index (κ1) is 26.1. The molecule has 2 atom stereocenters. The number of piperidine rings is 1. The van der Waals surface area contributed by atoms with E-state index in [4.69, 9.17) is 0 Å². The minimum absolute atomic E-state index is 0.0331. The van der Waals surface area contributed by atoms with E-state index in [0.29, 0.717) is 49.3 Å². The van der Waals surface area contributed by atoms with Crippen molar-refractivity contribution >= 4 is 37.3 Å². The summed E-state index contributed by atoms with van der Waals surface area (Å²) in [5.41, 5.74) is 0. The van der Waals surface area contributed by atoms with E-state index in [1.54, 1.807) is 15.3 Å². The van der Waals surface area contributed by atoms with Crippen molar-refractivity contribution in [2.45, 2.75) is 56.1 Å². The maximum Gasteiger partial charge on any atom is 0.252 e. The lowest BCUT2D eigenvalue weighted by molar-refractivity contribution is -0.139. The molecule has 4 rings (SSSR count). The Balaban J connectivity index is 1.53. The van der Waals surface area contributed by atoms with Crippen LogP contribution in [0.1, 0.15) is 50.3 Å². The highest BCUT2D eigenvalue weighted by atomic mass is 32.2. The molecule has 8 nitrogen and oxygen atoms in total. The fourth-order valence-electron chi connectivity index (χ4n) is 5.73. The summed E-state index contributed by atoms with van der Waals surface area (Å²) in [6.07, 6.45) is 8.48. The van der Waals surface area contributed by atoms with Crippen LogP contribution in [0.5, 0.6) is 0 Å². The number of amides is 1. The molecular weight excluding hydrogens is 494 g/mol. The van der Waals surface area contributed by atoms with Crippen molar-refractivity contribution in [3.8, 4) is 0 Å². The fraction of sp³-hybridized carbons (Fsp3) is 0.783. The van der Waals surface area contributed by atoms with Crippen LogP contribution >= 0.6 is 11.3 Å². The maximum absolute atomic E-state index is 13.6. The van der Waals surface area contributed by atoms with Gasteiger partial charge in [-0.25, -0.2) is 16.8 Å². The lowest BCUT2D eigenvalue weighted by Crippen LogP contribution is -2.55. The molecule has 0 bridgehead atoms. The van der Waals surface area contributed by atoms with Gasteiger partial charge in [0, 0.05) is 44.1 Å². The van der Waals surface area contributed by atoms with Crippen molar-refractivity contribution in [3.05, 3.63) is 17.0 Å². The number of piperazine rings is 1. The van der Waals surface area contributed by atoms with Gasteiger partial charge in [-0.05, 0) is 36.8 Å². The van der Waals surface area contributed by atoms with Crippen LogP contribution in [-0.2, 0) is 31.3 Å². The maximum atomic E-state index is 13.6. The Morgan fingerprint density at radius 3 is 2.21 bits per heavy atom. The molecule has 1 saturated carbocycles. The monoisotopic (exact) mass is 531 g/mol. The average molecular weight is 532 g/mol. The van der Waals surface area contributed by atoms with Crippen molar-refractivity contribution in [3.63, 3.8) is 0 Å². The standard InChI is InChI=1S/C23H37N3O5S3/c1-3-21-9-10-22(32-21)34(30,31)26-16-19(18-7-5-4-6-8-18)15-20(17-26)23(27)24-11-13-25(14-12-24)33(2,28)29/h9-10,18-20H,3-8,11-17H2,1-2H3/t19-,20+/m1/s1. The van der Waals surface area contributed by atoms with Crippen LogP contribution in [0.2, 0.25) is 0 Å². The number of hydrogen-bond donors (Lipinski definition) is 0. The van der Waals surface area contributed by atoms with Gasteiger partial charge in [0.25, 0.3) is 10.0 Å². The first-order valence-electron chi connectivity index (χ1n) is 12.4. The highest BCUT2D eigenvalue weighted by molar-refractivity contribution is 7.91. The van der Waals surface area contributed by atoms with E-state index in [0.717, 1.165) is 24.1 Å². The molecule has 1 aliphatic carbocycles. The number of nitrogens with zero attached hydrogens (tertiary/aromatic N) is 3. The molecule has 0 radical (unpaired) electrons. The molecule has 1 aromatic heterocycles. The SMILES string of the molecule is CCc1ccc(S(=O)(=O)N2C[C@@H](C(=O)N3CCN(S(C)(=O)=O)CC3)C[C@@H](C3CCCCC3)C2)s1. The molecule has 3 fully saturated rings. The van der Waals surface area contributed by atoms with Crippen LogP contribution in [-0.4, -0.2) is 81.8 Å². The molecular formula is C23H37N3O5S3. The minimum atomic E-state index is -3.65.